The Kier molecular flexibility index (Phi) is 4.79. The number of nitrogens with zero attached hydrogens (tertiary/aromatic N) is 2. The fourth-order valence-electron chi connectivity index (χ4n) is 3.20. The fourth-order valence-corrected chi connectivity index (χ4v) is 3.93. The molecule has 1 unspecified atom stereocenters. The van der Waals surface area contributed by atoms with E-state index in [1.165, 1.54) is 0 Å². The van der Waals surface area contributed by atoms with Crippen LogP contribution in [0.15, 0.2) is 70.8 Å². The number of hydrogen-bond acceptors (Lipinski definition) is 4. The second-order valence-corrected chi connectivity index (χ2v) is 7.55. The van der Waals surface area contributed by atoms with E-state index in [9.17, 15) is 9.59 Å². The van der Waals surface area contributed by atoms with Crippen LogP contribution >= 0.6 is 11.3 Å². The van der Waals surface area contributed by atoms with E-state index in [0.29, 0.717) is 28.0 Å². The Morgan fingerprint density at radius 2 is 1.82 bits per heavy atom. The third kappa shape index (κ3) is 3.34. The number of thiophene rings is 1. The van der Waals surface area contributed by atoms with E-state index in [1.54, 1.807) is 53.2 Å². The molecule has 28 heavy (non-hydrogen) atoms. The Labute approximate surface area is 166 Å². The number of aromatic nitrogens is 2. The maximum atomic E-state index is 12.9. The summed E-state index contributed by atoms with van der Waals surface area (Å²) in [7, 11) is 0. The number of benzene rings is 2. The number of aryl methyl sites for hydroxylation is 1. The first kappa shape index (κ1) is 18.1. The van der Waals surface area contributed by atoms with Crippen molar-refractivity contribution in [1.29, 1.82) is 0 Å². The van der Waals surface area contributed by atoms with Gasteiger partial charge in [-0.05, 0) is 61.7 Å². The van der Waals surface area contributed by atoms with Crippen LogP contribution in [-0.4, -0.2) is 15.5 Å². The zero-order chi connectivity index (χ0) is 19.7. The smallest absolute Gasteiger partial charge is 0.265 e. The van der Waals surface area contributed by atoms with Crippen LogP contribution in [0.3, 0.4) is 0 Å². The lowest BCUT2D eigenvalue weighted by atomic mass is 10.1. The summed E-state index contributed by atoms with van der Waals surface area (Å²) in [5.41, 5.74) is 1.79. The lowest BCUT2D eigenvalue weighted by molar-refractivity contribution is 0.0940. The molecule has 1 amide bonds. The SMILES string of the molecule is Cc1nc2ccccc2c(=O)n1-c1ccc(C(=O)NC(C)c2cccs2)cc1. The molecule has 1 atom stereocenters. The minimum Gasteiger partial charge on any atom is -0.345 e. The lowest BCUT2D eigenvalue weighted by Gasteiger charge is -2.14. The molecule has 0 saturated carbocycles. The molecule has 0 radical (unpaired) electrons. The highest BCUT2D eigenvalue weighted by Gasteiger charge is 2.14. The second kappa shape index (κ2) is 7.40. The van der Waals surface area contributed by atoms with E-state index < -0.39 is 0 Å². The van der Waals surface area contributed by atoms with Gasteiger partial charge in [0.15, 0.2) is 0 Å². The minimum absolute atomic E-state index is 0.0540. The van der Waals surface area contributed by atoms with Crippen LogP contribution in [0.4, 0.5) is 0 Å². The summed E-state index contributed by atoms with van der Waals surface area (Å²) < 4.78 is 1.57. The normalized spacial score (nSPS) is 12.1. The van der Waals surface area contributed by atoms with Gasteiger partial charge in [0.1, 0.15) is 5.82 Å². The largest absolute Gasteiger partial charge is 0.345 e. The highest BCUT2D eigenvalue weighted by atomic mass is 32.1. The van der Waals surface area contributed by atoms with Gasteiger partial charge in [0.2, 0.25) is 0 Å². The van der Waals surface area contributed by atoms with Crippen molar-refractivity contribution in [1.82, 2.24) is 14.9 Å². The Morgan fingerprint density at radius 3 is 2.54 bits per heavy atom. The molecule has 0 fully saturated rings. The summed E-state index contributed by atoms with van der Waals surface area (Å²) >= 11 is 1.61. The minimum atomic E-state index is -0.145. The molecule has 0 spiro atoms. The molecule has 4 rings (SSSR count). The van der Waals surface area contributed by atoms with Crippen LogP contribution < -0.4 is 10.9 Å². The van der Waals surface area contributed by atoms with Crippen LogP contribution in [0.1, 0.15) is 34.0 Å². The van der Waals surface area contributed by atoms with Crippen LogP contribution in [0.2, 0.25) is 0 Å². The van der Waals surface area contributed by atoms with Crippen molar-refractivity contribution in [2.75, 3.05) is 0 Å². The predicted molar refractivity (Wildman–Crippen MR) is 112 cm³/mol. The number of carbonyl (C=O) groups is 1. The van der Waals surface area contributed by atoms with Crippen molar-refractivity contribution in [3.8, 4) is 5.69 Å². The summed E-state index contributed by atoms with van der Waals surface area (Å²) in [5, 5.41) is 5.56. The van der Waals surface area contributed by atoms with Gasteiger partial charge >= 0.3 is 0 Å². The van der Waals surface area contributed by atoms with Gasteiger partial charge in [0.05, 0.1) is 22.6 Å². The Bertz CT molecular complexity index is 1190. The Morgan fingerprint density at radius 1 is 1.07 bits per heavy atom. The van der Waals surface area contributed by atoms with Crippen molar-refractivity contribution in [3.63, 3.8) is 0 Å². The van der Waals surface area contributed by atoms with E-state index in [-0.39, 0.29) is 17.5 Å². The summed E-state index contributed by atoms with van der Waals surface area (Å²) in [6.45, 7) is 3.76. The van der Waals surface area contributed by atoms with Crippen LogP contribution in [0, 0.1) is 6.92 Å². The van der Waals surface area contributed by atoms with E-state index in [2.05, 4.69) is 10.3 Å². The maximum absolute atomic E-state index is 12.9. The molecular weight excluding hydrogens is 370 g/mol. The summed E-state index contributed by atoms with van der Waals surface area (Å²) in [6, 6.07) is 18.2. The quantitative estimate of drug-likeness (QED) is 0.568. The topological polar surface area (TPSA) is 64.0 Å². The molecule has 1 N–H and O–H groups in total. The van der Waals surface area contributed by atoms with E-state index in [1.807, 2.05) is 42.6 Å². The van der Waals surface area contributed by atoms with Gasteiger partial charge in [-0.2, -0.15) is 0 Å². The predicted octanol–water partition coefficient (Wildman–Crippen LogP) is 4.25. The first-order chi connectivity index (χ1) is 13.5. The molecule has 6 heteroatoms. The van der Waals surface area contributed by atoms with E-state index >= 15 is 0 Å². The van der Waals surface area contributed by atoms with Crippen molar-refractivity contribution < 1.29 is 4.79 Å². The number of fused-ring (bicyclic) bond motifs is 1. The number of para-hydroxylation sites is 1. The van der Waals surface area contributed by atoms with Crippen molar-refractivity contribution >= 4 is 28.1 Å². The van der Waals surface area contributed by atoms with Gasteiger partial charge in [-0.15, -0.1) is 11.3 Å². The van der Waals surface area contributed by atoms with Gasteiger partial charge in [-0.25, -0.2) is 4.98 Å². The first-order valence-corrected chi connectivity index (χ1v) is 9.85. The van der Waals surface area contributed by atoms with Crippen molar-refractivity contribution in [3.05, 3.63) is 92.7 Å². The number of hydrogen-bond donors (Lipinski definition) is 1. The monoisotopic (exact) mass is 389 g/mol. The molecule has 0 bridgehead atoms. The van der Waals surface area contributed by atoms with Gasteiger partial charge < -0.3 is 5.32 Å². The Hall–Kier alpha value is -3.25. The molecular formula is C22H19N3O2S. The van der Waals surface area contributed by atoms with Gasteiger partial charge in [-0.1, -0.05) is 18.2 Å². The van der Waals surface area contributed by atoms with Gasteiger partial charge in [0.25, 0.3) is 11.5 Å². The summed E-state index contributed by atoms with van der Waals surface area (Å²) in [6.07, 6.45) is 0. The summed E-state index contributed by atoms with van der Waals surface area (Å²) in [4.78, 5) is 31.0. The zero-order valence-corrected chi connectivity index (χ0v) is 16.4. The van der Waals surface area contributed by atoms with Gasteiger partial charge in [0, 0.05) is 10.4 Å². The highest BCUT2D eigenvalue weighted by molar-refractivity contribution is 7.10. The number of amides is 1. The van der Waals surface area contributed by atoms with Gasteiger partial charge in [-0.3, -0.25) is 14.2 Å². The second-order valence-electron chi connectivity index (χ2n) is 6.57. The molecule has 2 heterocycles. The van der Waals surface area contributed by atoms with Crippen LogP contribution in [0.25, 0.3) is 16.6 Å². The van der Waals surface area contributed by atoms with Crippen molar-refractivity contribution in [2.24, 2.45) is 0 Å². The Balaban J connectivity index is 1.63. The lowest BCUT2D eigenvalue weighted by Crippen LogP contribution is -2.26. The van der Waals surface area contributed by atoms with Crippen LogP contribution in [0.5, 0.6) is 0 Å². The molecule has 0 saturated heterocycles. The molecule has 5 nitrogen and oxygen atoms in total. The number of carbonyl (C=O) groups excluding carboxylic acids is 1. The molecule has 0 aliphatic heterocycles. The zero-order valence-electron chi connectivity index (χ0n) is 15.5. The molecule has 0 aliphatic rings. The van der Waals surface area contributed by atoms with E-state index in [4.69, 9.17) is 0 Å². The molecule has 2 aromatic carbocycles. The third-order valence-electron chi connectivity index (χ3n) is 4.65. The fraction of sp³-hybridized carbons (Fsp3) is 0.136. The number of rotatable bonds is 4. The molecule has 0 aliphatic carbocycles. The van der Waals surface area contributed by atoms with Crippen molar-refractivity contribution in [2.45, 2.75) is 19.9 Å². The van der Waals surface area contributed by atoms with Crippen LogP contribution in [-0.2, 0) is 0 Å². The third-order valence-corrected chi connectivity index (χ3v) is 5.70. The average Bonchev–Trinajstić information content (AvgIpc) is 3.23. The first-order valence-electron chi connectivity index (χ1n) is 8.97. The van der Waals surface area contributed by atoms with E-state index in [0.717, 1.165) is 4.88 Å². The molecule has 2 aromatic heterocycles. The summed E-state index contributed by atoms with van der Waals surface area (Å²) in [5.74, 6) is 0.459. The average molecular weight is 389 g/mol. The number of nitrogens with one attached hydrogen (secondary N) is 1. The standard InChI is InChI=1S/C22H19N3O2S/c1-14(20-8-5-13-28-20)23-21(26)16-9-11-17(12-10-16)25-15(2)24-19-7-4-3-6-18(19)22(25)27/h3-14H,1-2H3,(H,23,26). The maximum Gasteiger partial charge on any atom is 0.265 e. The highest BCUT2D eigenvalue weighted by Crippen LogP contribution is 2.19. The molecule has 140 valence electrons. The molecule has 4 aromatic rings.